The molecule has 1 heterocycles. The van der Waals surface area contributed by atoms with E-state index in [-0.39, 0.29) is 0 Å². The molecule has 0 aliphatic rings. The summed E-state index contributed by atoms with van der Waals surface area (Å²) in [6, 6.07) is 19.6. The van der Waals surface area contributed by atoms with Crippen LogP contribution in [0, 0.1) is 17.8 Å². The monoisotopic (exact) mass is 301 g/mol. The molecular weight excluding hydrogens is 285 g/mol. The van der Waals surface area contributed by atoms with Gasteiger partial charge in [0.15, 0.2) is 0 Å². The molecule has 3 aromatic rings. The molecule has 1 nitrogen and oxygen atoms in total. The molecule has 0 bridgehead atoms. The van der Waals surface area contributed by atoms with Gasteiger partial charge < -0.3 is 0 Å². The van der Waals surface area contributed by atoms with Gasteiger partial charge in [0.25, 0.3) is 0 Å². The largest absolute Gasteiger partial charge is 0.227 e. The summed E-state index contributed by atoms with van der Waals surface area (Å²) in [5, 5.41) is 0. The minimum Gasteiger partial charge on any atom is -0.227 e. The summed E-state index contributed by atoms with van der Waals surface area (Å²) in [5.41, 5.74) is 5.32. The maximum Gasteiger partial charge on any atom is 0.212 e. The SMILES string of the molecule is CCc1ccc(-c2ccc(C#Cc3ccc(F)nc3)cc2)cc1. The standard InChI is InChI=1S/C21H16FN/c1-2-16-5-10-19(11-6-16)20-12-7-17(8-13-20)3-4-18-9-14-21(22)23-15-18/h5-15H,2H2,1H3. The van der Waals surface area contributed by atoms with E-state index in [0.717, 1.165) is 12.0 Å². The summed E-state index contributed by atoms with van der Waals surface area (Å²) in [6.07, 6.45) is 2.49. The second-order valence-electron chi connectivity index (χ2n) is 5.25. The van der Waals surface area contributed by atoms with Crippen LogP contribution in [0.3, 0.4) is 0 Å². The lowest BCUT2D eigenvalue weighted by molar-refractivity contribution is 0.583. The number of benzene rings is 2. The smallest absolute Gasteiger partial charge is 0.212 e. The van der Waals surface area contributed by atoms with E-state index in [1.165, 1.54) is 29.0 Å². The Bertz CT molecular complexity index is 836. The van der Waals surface area contributed by atoms with Gasteiger partial charge in [0.2, 0.25) is 5.95 Å². The van der Waals surface area contributed by atoms with Crippen molar-refractivity contribution in [2.75, 3.05) is 0 Å². The molecule has 0 radical (unpaired) electrons. The molecule has 2 aromatic carbocycles. The van der Waals surface area contributed by atoms with Gasteiger partial charge in [-0.25, -0.2) is 4.98 Å². The predicted octanol–water partition coefficient (Wildman–Crippen LogP) is 4.85. The number of aromatic nitrogens is 1. The second kappa shape index (κ2) is 6.89. The van der Waals surface area contributed by atoms with E-state index in [1.54, 1.807) is 6.07 Å². The Hall–Kier alpha value is -2.92. The van der Waals surface area contributed by atoms with Gasteiger partial charge in [-0.3, -0.25) is 0 Å². The van der Waals surface area contributed by atoms with Crippen LogP contribution < -0.4 is 0 Å². The Morgan fingerprint density at radius 3 is 1.91 bits per heavy atom. The molecule has 0 spiro atoms. The average molecular weight is 301 g/mol. The molecule has 112 valence electrons. The second-order valence-corrected chi connectivity index (χ2v) is 5.25. The summed E-state index contributed by atoms with van der Waals surface area (Å²) in [7, 11) is 0. The van der Waals surface area contributed by atoms with Crippen molar-refractivity contribution in [1.29, 1.82) is 0 Å². The highest BCUT2D eigenvalue weighted by atomic mass is 19.1. The van der Waals surface area contributed by atoms with Crippen LogP contribution in [0.5, 0.6) is 0 Å². The first kappa shape index (κ1) is 15.0. The third-order valence-corrected chi connectivity index (χ3v) is 3.66. The van der Waals surface area contributed by atoms with Gasteiger partial charge in [-0.2, -0.15) is 4.39 Å². The highest BCUT2D eigenvalue weighted by Gasteiger charge is 1.98. The number of nitrogens with zero attached hydrogens (tertiary/aromatic N) is 1. The van der Waals surface area contributed by atoms with Gasteiger partial charge in [0, 0.05) is 17.3 Å². The van der Waals surface area contributed by atoms with Gasteiger partial charge in [0.1, 0.15) is 0 Å². The van der Waals surface area contributed by atoms with Crippen LogP contribution in [-0.4, -0.2) is 4.98 Å². The number of hydrogen-bond donors (Lipinski definition) is 0. The lowest BCUT2D eigenvalue weighted by Crippen LogP contribution is -1.83. The van der Waals surface area contributed by atoms with Crippen LogP contribution >= 0.6 is 0 Å². The molecule has 2 heteroatoms. The molecule has 0 unspecified atom stereocenters. The molecule has 23 heavy (non-hydrogen) atoms. The summed E-state index contributed by atoms with van der Waals surface area (Å²) >= 11 is 0. The molecule has 0 saturated carbocycles. The van der Waals surface area contributed by atoms with Crippen LogP contribution in [-0.2, 0) is 6.42 Å². The number of halogens is 1. The molecular formula is C21H16FN. The van der Waals surface area contributed by atoms with E-state index < -0.39 is 5.95 Å². The predicted molar refractivity (Wildman–Crippen MR) is 91.4 cm³/mol. The Kier molecular flexibility index (Phi) is 4.49. The Balaban J connectivity index is 1.78. The first-order valence-corrected chi connectivity index (χ1v) is 7.57. The van der Waals surface area contributed by atoms with E-state index in [2.05, 4.69) is 60.1 Å². The maximum absolute atomic E-state index is 12.7. The lowest BCUT2D eigenvalue weighted by Gasteiger charge is -2.03. The lowest BCUT2D eigenvalue weighted by atomic mass is 10.0. The highest BCUT2D eigenvalue weighted by Crippen LogP contribution is 2.20. The normalized spacial score (nSPS) is 10.0. The number of aryl methyl sites for hydroxylation is 1. The van der Waals surface area contributed by atoms with Crippen molar-refractivity contribution in [2.45, 2.75) is 13.3 Å². The zero-order valence-electron chi connectivity index (χ0n) is 12.9. The molecule has 0 fully saturated rings. The van der Waals surface area contributed by atoms with Crippen LogP contribution in [0.25, 0.3) is 11.1 Å². The van der Waals surface area contributed by atoms with Gasteiger partial charge >= 0.3 is 0 Å². The molecule has 1 aromatic heterocycles. The van der Waals surface area contributed by atoms with Crippen LogP contribution in [0.1, 0.15) is 23.6 Å². The van der Waals surface area contributed by atoms with Crippen molar-refractivity contribution >= 4 is 0 Å². The summed E-state index contributed by atoms with van der Waals surface area (Å²) in [4.78, 5) is 3.59. The fraction of sp³-hybridized carbons (Fsp3) is 0.0952. The van der Waals surface area contributed by atoms with Gasteiger partial charge in [-0.05, 0) is 47.4 Å². The van der Waals surface area contributed by atoms with E-state index >= 15 is 0 Å². The zero-order chi connectivity index (χ0) is 16.1. The summed E-state index contributed by atoms with van der Waals surface area (Å²) in [6.45, 7) is 2.15. The zero-order valence-corrected chi connectivity index (χ0v) is 12.9. The maximum atomic E-state index is 12.7. The number of rotatable bonds is 2. The van der Waals surface area contributed by atoms with Crippen LogP contribution in [0.4, 0.5) is 4.39 Å². The van der Waals surface area contributed by atoms with Crippen LogP contribution in [0.2, 0.25) is 0 Å². The van der Waals surface area contributed by atoms with Crippen molar-refractivity contribution < 1.29 is 4.39 Å². The van der Waals surface area contributed by atoms with Crippen molar-refractivity contribution in [2.24, 2.45) is 0 Å². The molecule has 0 aliphatic heterocycles. The minimum absolute atomic E-state index is 0.492. The average Bonchev–Trinajstić information content (AvgIpc) is 2.62. The first-order chi connectivity index (χ1) is 11.2. The first-order valence-electron chi connectivity index (χ1n) is 7.57. The van der Waals surface area contributed by atoms with Crippen molar-refractivity contribution in [1.82, 2.24) is 4.98 Å². The van der Waals surface area contributed by atoms with Gasteiger partial charge in [-0.1, -0.05) is 55.2 Å². The highest BCUT2D eigenvalue weighted by molar-refractivity contribution is 5.64. The van der Waals surface area contributed by atoms with Crippen molar-refractivity contribution in [3.05, 3.63) is 89.5 Å². The molecule has 0 aliphatic carbocycles. The third kappa shape index (κ3) is 3.84. The number of hydrogen-bond acceptors (Lipinski definition) is 1. The topological polar surface area (TPSA) is 12.9 Å². The molecule has 0 atom stereocenters. The van der Waals surface area contributed by atoms with Crippen LogP contribution in [0.15, 0.2) is 66.9 Å². The Morgan fingerprint density at radius 2 is 1.35 bits per heavy atom. The molecule has 3 rings (SSSR count). The third-order valence-electron chi connectivity index (χ3n) is 3.66. The van der Waals surface area contributed by atoms with E-state index in [0.29, 0.717) is 5.56 Å². The number of pyridine rings is 1. The van der Waals surface area contributed by atoms with Crippen molar-refractivity contribution in [3.63, 3.8) is 0 Å². The quantitative estimate of drug-likeness (QED) is 0.487. The van der Waals surface area contributed by atoms with E-state index in [1.807, 2.05) is 12.1 Å². The van der Waals surface area contributed by atoms with E-state index in [4.69, 9.17) is 0 Å². The molecule has 0 saturated heterocycles. The molecule has 0 N–H and O–H groups in total. The fourth-order valence-electron chi connectivity index (χ4n) is 2.27. The van der Waals surface area contributed by atoms with E-state index in [9.17, 15) is 4.39 Å². The molecule has 0 amide bonds. The minimum atomic E-state index is -0.492. The summed E-state index contributed by atoms with van der Waals surface area (Å²) in [5.74, 6) is 5.56. The Morgan fingerprint density at radius 1 is 0.783 bits per heavy atom. The van der Waals surface area contributed by atoms with Crippen molar-refractivity contribution in [3.8, 4) is 23.0 Å². The Labute approximate surface area is 135 Å². The summed E-state index contributed by atoms with van der Waals surface area (Å²) < 4.78 is 12.7. The fourth-order valence-corrected chi connectivity index (χ4v) is 2.27. The van der Waals surface area contributed by atoms with Gasteiger partial charge in [-0.15, -0.1) is 0 Å². The van der Waals surface area contributed by atoms with Gasteiger partial charge in [0.05, 0.1) is 0 Å².